The molecule has 3 aromatic rings. The van der Waals surface area contributed by atoms with E-state index in [1.54, 1.807) is 41.9 Å². The number of benzene rings is 2. The molecule has 0 unspecified atom stereocenters. The predicted octanol–water partition coefficient (Wildman–Crippen LogP) is 2.91. The summed E-state index contributed by atoms with van der Waals surface area (Å²) in [5.74, 6) is 0.266. The largest absolute Gasteiger partial charge is 0.495 e. The van der Waals surface area contributed by atoms with Gasteiger partial charge in [-0.3, -0.25) is 14.3 Å². The van der Waals surface area contributed by atoms with E-state index in [1.807, 2.05) is 0 Å². The summed E-state index contributed by atoms with van der Waals surface area (Å²) in [5.41, 5.74) is 1.93. The summed E-state index contributed by atoms with van der Waals surface area (Å²) in [4.78, 5) is 22.8. The molecule has 2 amide bonds. The quantitative estimate of drug-likeness (QED) is 0.500. The lowest BCUT2D eigenvalue weighted by Gasteiger charge is -2.13. The van der Waals surface area contributed by atoms with Crippen molar-refractivity contribution in [3.63, 3.8) is 0 Å². The fourth-order valence-electron chi connectivity index (χ4n) is 2.99. The number of aromatic nitrogens is 2. The second kappa shape index (κ2) is 9.10. The van der Waals surface area contributed by atoms with Crippen LogP contribution in [0.25, 0.3) is 5.69 Å². The third kappa shape index (κ3) is 5.24. The van der Waals surface area contributed by atoms with Crippen LogP contribution in [-0.4, -0.2) is 37.1 Å². The minimum absolute atomic E-state index is 0.0400. The Bertz CT molecular complexity index is 1270. The Morgan fingerprint density at radius 1 is 0.969 bits per heavy atom. The van der Waals surface area contributed by atoms with E-state index in [1.165, 1.54) is 39.2 Å². The molecule has 0 bridgehead atoms. The van der Waals surface area contributed by atoms with Crippen LogP contribution < -0.4 is 20.1 Å². The van der Waals surface area contributed by atoms with E-state index in [4.69, 9.17) is 4.74 Å². The number of nitrogens with one attached hydrogen (secondary N) is 3. The lowest BCUT2D eigenvalue weighted by Crippen LogP contribution is -2.14. The first-order chi connectivity index (χ1) is 15.1. The maximum Gasteiger partial charge on any atom is 0.261 e. The van der Waals surface area contributed by atoms with Gasteiger partial charge < -0.3 is 15.4 Å². The fraction of sp³-hybridized carbons (Fsp3) is 0.190. The number of amides is 2. The number of sulfonamides is 1. The van der Waals surface area contributed by atoms with Gasteiger partial charge >= 0.3 is 0 Å². The van der Waals surface area contributed by atoms with Gasteiger partial charge in [-0.25, -0.2) is 13.1 Å². The molecule has 0 saturated heterocycles. The molecule has 11 heteroatoms. The number of nitrogens with zero attached hydrogens (tertiary/aromatic N) is 2. The number of aryl methyl sites for hydroxylation is 1. The minimum atomic E-state index is -3.93. The normalized spacial score (nSPS) is 11.0. The summed E-state index contributed by atoms with van der Waals surface area (Å²) >= 11 is 0. The van der Waals surface area contributed by atoms with E-state index in [2.05, 4.69) is 20.5 Å². The zero-order valence-electron chi connectivity index (χ0n) is 18.0. The van der Waals surface area contributed by atoms with Gasteiger partial charge in [0.05, 0.1) is 29.1 Å². The first-order valence-corrected chi connectivity index (χ1v) is 11.0. The molecule has 2 aromatic carbocycles. The Hall–Kier alpha value is -3.86. The number of ether oxygens (including phenoxy) is 1. The second-order valence-corrected chi connectivity index (χ2v) is 8.64. The topological polar surface area (TPSA) is 131 Å². The highest BCUT2D eigenvalue weighted by atomic mass is 32.2. The maximum absolute atomic E-state index is 12.8. The van der Waals surface area contributed by atoms with Gasteiger partial charge in [-0.1, -0.05) is 0 Å². The van der Waals surface area contributed by atoms with Crippen molar-refractivity contribution in [1.82, 2.24) is 9.78 Å². The average molecular weight is 458 g/mol. The van der Waals surface area contributed by atoms with Gasteiger partial charge in [0.2, 0.25) is 11.8 Å². The van der Waals surface area contributed by atoms with Crippen LogP contribution in [0.2, 0.25) is 0 Å². The molecule has 0 saturated carbocycles. The van der Waals surface area contributed by atoms with E-state index in [0.717, 1.165) is 0 Å². The zero-order chi connectivity index (χ0) is 23.5. The predicted molar refractivity (Wildman–Crippen MR) is 121 cm³/mol. The van der Waals surface area contributed by atoms with Crippen molar-refractivity contribution in [2.75, 3.05) is 22.5 Å². The first-order valence-electron chi connectivity index (χ1n) is 9.52. The summed E-state index contributed by atoms with van der Waals surface area (Å²) in [5, 5.41) is 9.61. The van der Waals surface area contributed by atoms with Crippen molar-refractivity contribution in [3.8, 4) is 11.4 Å². The van der Waals surface area contributed by atoms with Crippen molar-refractivity contribution in [3.05, 3.63) is 54.2 Å². The number of carbonyl (C=O) groups excluding carboxylic acids is 2. The summed E-state index contributed by atoms with van der Waals surface area (Å²) < 4.78 is 34.9. The van der Waals surface area contributed by atoms with Gasteiger partial charge in [-0.05, 0) is 49.4 Å². The van der Waals surface area contributed by atoms with Gasteiger partial charge in [0, 0.05) is 25.6 Å². The Morgan fingerprint density at radius 3 is 2.22 bits per heavy atom. The van der Waals surface area contributed by atoms with Crippen LogP contribution in [0.4, 0.5) is 17.2 Å². The maximum atomic E-state index is 12.8. The SMILES string of the molecule is COc1ccc(S(=O)(=O)Nc2ccc(-n3nc(C)cc3NC(C)=O)cc2)cc1NC(C)=O. The number of hydrogen-bond acceptors (Lipinski definition) is 6. The van der Waals surface area contributed by atoms with Crippen molar-refractivity contribution in [1.29, 1.82) is 0 Å². The van der Waals surface area contributed by atoms with Crippen LogP contribution >= 0.6 is 0 Å². The third-order valence-corrected chi connectivity index (χ3v) is 5.67. The third-order valence-electron chi connectivity index (χ3n) is 4.29. The van der Waals surface area contributed by atoms with Crippen molar-refractivity contribution in [2.24, 2.45) is 0 Å². The standard InChI is InChI=1S/C21H23N5O5S/c1-13-11-21(23-15(3)28)26(24-13)17-7-5-16(6-8-17)25-32(29,30)18-9-10-20(31-4)19(12-18)22-14(2)27/h5-12,25H,1-4H3,(H,22,27)(H,23,28). The molecule has 0 aliphatic carbocycles. The summed E-state index contributed by atoms with van der Waals surface area (Å²) in [6, 6.07) is 12.4. The Morgan fingerprint density at radius 2 is 1.62 bits per heavy atom. The highest BCUT2D eigenvalue weighted by Crippen LogP contribution is 2.29. The molecule has 10 nitrogen and oxygen atoms in total. The second-order valence-electron chi connectivity index (χ2n) is 6.96. The molecule has 0 atom stereocenters. The number of anilines is 3. The zero-order valence-corrected chi connectivity index (χ0v) is 18.8. The van der Waals surface area contributed by atoms with Crippen LogP contribution in [0, 0.1) is 6.92 Å². The molecule has 1 heterocycles. The van der Waals surface area contributed by atoms with Crippen molar-refractivity contribution < 1.29 is 22.7 Å². The van der Waals surface area contributed by atoms with E-state index < -0.39 is 10.0 Å². The van der Waals surface area contributed by atoms with E-state index in [0.29, 0.717) is 28.6 Å². The molecule has 0 aliphatic heterocycles. The first kappa shape index (κ1) is 22.8. The number of hydrogen-bond donors (Lipinski definition) is 3. The summed E-state index contributed by atoms with van der Waals surface area (Å²) in [7, 11) is -2.51. The van der Waals surface area contributed by atoms with Gasteiger partial charge in [-0.15, -0.1) is 0 Å². The lowest BCUT2D eigenvalue weighted by atomic mass is 10.3. The van der Waals surface area contributed by atoms with Gasteiger partial charge in [-0.2, -0.15) is 5.10 Å². The molecule has 3 rings (SSSR count). The van der Waals surface area contributed by atoms with E-state index in [9.17, 15) is 18.0 Å². The summed E-state index contributed by atoms with van der Waals surface area (Å²) in [6.45, 7) is 4.52. The van der Waals surface area contributed by atoms with Crippen LogP contribution in [-0.2, 0) is 19.6 Å². The number of carbonyl (C=O) groups is 2. The monoisotopic (exact) mass is 457 g/mol. The number of methoxy groups -OCH3 is 1. The van der Waals surface area contributed by atoms with Crippen LogP contribution in [0.3, 0.4) is 0 Å². The molecular weight excluding hydrogens is 434 g/mol. The molecule has 3 N–H and O–H groups in total. The minimum Gasteiger partial charge on any atom is -0.495 e. The number of rotatable bonds is 7. The molecule has 0 radical (unpaired) electrons. The van der Waals surface area contributed by atoms with Crippen LogP contribution in [0.15, 0.2) is 53.4 Å². The highest BCUT2D eigenvalue weighted by Gasteiger charge is 2.18. The van der Waals surface area contributed by atoms with E-state index in [-0.39, 0.29) is 22.4 Å². The van der Waals surface area contributed by atoms with Gasteiger partial charge in [0.15, 0.2) is 0 Å². The molecule has 0 fully saturated rings. The smallest absolute Gasteiger partial charge is 0.261 e. The highest BCUT2D eigenvalue weighted by molar-refractivity contribution is 7.92. The van der Waals surface area contributed by atoms with Gasteiger partial charge in [0.25, 0.3) is 10.0 Å². The molecule has 32 heavy (non-hydrogen) atoms. The molecule has 1 aromatic heterocycles. The Labute approximate surface area is 185 Å². The van der Waals surface area contributed by atoms with E-state index >= 15 is 0 Å². The Kier molecular flexibility index (Phi) is 6.49. The lowest BCUT2D eigenvalue weighted by molar-refractivity contribution is -0.115. The van der Waals surface area contributed by atoms with Crippen LogP contribution in [0.5, 0.6) is 5.75 Å². The van der Waals surface area contributed by atoms with Crippen molar-refractivity contribution in [2.45, 2.75) is 25.7 Å². The average Bonchev–Trinajstić information content (AvgIpc) is 3.07. The van der Waals surface area contributed by atoms with Crippen molar-refractivity contribution >= 4 is 39.0 Å². The molecule has 0 spiro atoms. The molecular formula is C21H23N5O5S. The molecule has 0 aliphatic rings. The Balaban J connectivity index is 1.85. The molecule has 168 valence electrons. The summed E-state index contributed by atoms with van der Waals surface area (Å²) in [6.07, 6.45) is 0. The van der Waals surface area contributed by atoms with Crippen LogP contribution in [0.1, 0.15) is 19.5 Å². The fourth-order valence-corrected chi connectivity index (χ4v) is 4.08. The van der Waals surface area contributed by atoms with Gasteiger partial charge in [0.1, 0.15) is 11.6 Å².